The van der Waals surface area contributed by atoms with Gasteiger partial charge in [0.15, 0.2) is 0 Å². The predicted octanol–water partition coefficient (Wildman–Crippen LogP) is 15.3. The standard InChI is InChI=1S/C61H37N3/c1-8-22-51-41(15-1)42-32-29-38(62-55-23-9-2-16-45(55)46-17-3-10-24-56(46)62)35-52(42)61(51)53-36-39(63-57-25-11-4-18-47(57)48-19-5-12-26-58(48)63)30-33-43(53)44-34-31-40(37-54(44)61)64-59-27-13-6-20-49(59)50-21-7-14-28-60(50)64/h1-37H. The topological polar surface area (TPSA) is 14.8 Å². The number of para-hydroxylation sites is 6. The molecule has 0 N–H and O–H groups in total. The highest BCUT2D eigenvalue weighted by Gasteiger charge is 2.52. The first-order chi connectivity index (χ1) is 31.8. The summed E-state index contributed by atoms with van der Waals surface area (Å²) < 4.78 is 7.42. The van der Waals surface area contributed by atoms with E-state index in [1.54, 1.807) is 0 Å². The predicted molar refractivity (Wildman–Crippen MR) is 266 cm³/mol. The van der Waals surface area contributed by atoms with E-state index in [1.165, 1.54) is 110 Å². The molecule has 13 aromatic rings. The van der Waals surface area contributed by atoms with E-state index in [9.17, 15) is 0 Å². The monoisotopic (exact) mass is 811 g/mol. The molecule has 10 aromatic carbocycles. The Morgan fingerprint density at radius 1 is 0.219 bits per heavy atom. The van der Waals surface area contributed by atoms with Gasteiger partial charge in [0, 0.05) is 49.4 Å². The minimum Gasteiger partial charge on any atom is -0.309 e. The highest BCUT2D eigenvalue weighted by Crippen LogP contribution is 2.64. The van der Waals surface area contributed by atoms with Crippen LogP contribution >= 0.6 is 0 Å². The maximum atomic E-state index is 2.52. The first kappa shape index (κ1) is 34.2. The SMILES string of the molecule is c1ccc2c(c1)-c1ccc(-n3c4ccccc4c4ccccc43)cc1C21c2cc(-n3c4ccccc4c4ccccc43)ccc2-c2ccc(-n3c4ccccc4c4ccccc43)cc21. The van der Waals surface area contributed by atoms with Crippen molar-refractivity contribution in [2.24, 2.45) is 0 Å². The minimum absolute atomic E-state index is 0.616. The zero-order valence-electron chi connectivity index (χ0n) is 34.7. The summed E-state index contributed by atoms with van der Waals surface area (Å²) in [7, 11) is 0. The molecule has 0 amide bonds. The fourth-order valence-corrected chi connectivity index (χ4v) is 12.2. The van der Waals surface area contributed by atoms with Gasteiger partial charge in [-0.15, -0.1) is 0 Å². The van der Waals surface area contributed by atoms with E-state index < -0.39 is 5.41 Å². The van der Waals surface area contributed by atoms with Gasteiger partial charge in [-0.2, -0.15) is 0 Å². The van der Waals surface area contributed by atoms with Gasteiger partial charge in [0.1, 0.15) is 0 Å². The van der Waals surface area contributed by atoms with E-state index in [1.807, 2.05) is 0 Å². The average molecular weight is 812 g/mol. The van der Waals surface area contributed by atoms with Crippen molar-refractivity contribution in [3.63, 3.8) is 0 Å². The molecule has 3 aromatic heterocycles. The highest BCUT2D eigenvalue weighted by molar-refractivity contribution is 6.12. The fourth-order valence-electron chi connectivity index (χ4n) is 12.2. The van der Waals surface area contributed by atoms with Crippen molar-refractivity contribution in [3.05, 3.63) is 247 Å². The summed E-state index contributed by atoms with van der Waals surface area (Å²) in [5.74, 6) is 0. The molecule has 0 unspecified atom stereocenters. The summed E-state index contributed by atoms with van der Waals surface area (Å²) in [6.45, 7) is 0. The molecule has 296 valence electrons. The van der Waals surface area contributed by atoms with Crippen LogP contribution in [0.25, 0.3) is 105 Å². The Morgan fingerprint density at radius 2 is 0.469 bits per heavy atom. The summed E-state index contributed by atoms with van der Waals surface area (Å²) in [4.78, 5) is 0. The van der Waals surface area contributed by atoms with Crippen LogP contribution in [0, 0.1) is 0 Å². The lowest BCUT2D eigenvalue weighted by Crippen LogP contribution is -2.26. The van der Waals surface area contributed by atoms with Gasteiger partial charge in [-0.25, -0.2) is 0 Å². The molecule has 0 bridgehead atoms. The largest absolute Gasteiger partial charge is 0.309 e. The van der Waals surface area contributed by atoms with Crippen LogP contribution in [0.1, 0.15) is 22.3 Å². The van der Waals surface area contributed by atoms with Gasteiger partial charge >= 0.3 is 0 Å². The summed E-state index contributed by atoms with van der Waals surface area (Å²) in [6, 6.07) is 84.1. The van der Waals surface area contributed by atoms with Gasteiger partial charge in [0.2, 0.25) is 0 Å². The van der Waals surface area contributed by atoms with Crippen molar-refractivity contribution in [3.8, 4) is 39.3 Å². The molecule has 0 radical (unpaired) electrons. The molecule has 2 aliphatic carbocycles. The van der Waals surface area contributed by atoms with Crippen molar-refractivity contribution in [2.45, 2.75) is 5.41 Å². The van der Waals surface area contributed by atoms with Gasteiger partial charge in [0.05, 0.1) is 38.5 Å². The zero-order chi connectivity index (χ0) is 41.7. The second kappa shape index (κ2) is 12.4. The van der Waals surface area contributed by atoms with Crippen molar-refractivity contribution in [1.29, 1.82) is 0 Å². The van der Waals surface area contributed by atoms with Crippen molar-refractivity contribution in [2.75, 3.05) is 0 Å². The molecule has 2 aliphatic rings. The van der Waals surface area contributed by atoms with Crippen LogP contribution in [-0.4, -0.2) is 13.7 Å². The highest BCUT2D eigenvalue weighted by atomic mass is 15.0. The van der Waals surface area contributed by atoms with E-state index in [4.69, 9.17) is 0 Å². The normalized spacial score (nSPS) is 13.4. The summed E-state index contributed by atoms with van der Waals surface area (Å²) >= 11 is 0. The van der Waals surface area contributed by atoms with E-state index in [0.29, 0.717) is 0 Å². The van der Waals surface area contributed by atoms with Gasteiger partial charge in [-0.1, -0.05) is 152 Å². The molecule has 15 rings (SSSR count). The average Bonchev–Trinajstić information content (AvgIpc) is 4.13. The Kier molecular flexibility index (Phi) is 6.61. The number of rotatable bonds is 3. The molecule has 3 heteroatoms. The third-order valence-corrected chi connectivity index (χ3v) is 14.6. The van der Waals surface area contributed by atoms with Crippen LogP contribution < -0.4 is 0 Å². The lowest BCUT2D eigenvalue weighted by atomic mass is 9.70. The maximum absolute atomic E-state index is 2.52. The Morgan fingerprint density at radius 3 is 0.781 bits per heavy atom. The van der Waals surface area contributed by atoms with Crippen LogP contribution in [0.5, 0.6) is 0 Å². The second-order valence-electron chi connectivity index (χ2n) is 17.6. The molecular formula is C61H37N3. The third kappa shape index (κ3) is 4.21. The molecule has 0 saturated carbocycles. The molecule has 0 saturated heterocycles. The number of hydrogen-bond donors (Lipinski definition) is 0. The molecule has 1 spiro atoms. The Labute approximate surface area is 368 Å². The number of hydrogen-bond acceptors (Lipinski definition) is 0. The fraction of sp³-hybridized carbons (Fsp3) is 0.0164. The molecule has 0 atom stereocenters. The van der Waals surface area contributed by atoms with Crippen LogP contribution in [0.2, 0.25) is 0 Å². The first-order valence-corrected chi connectivity index (χ1v) is 22.3. The van der Waals surface area contributed by atoms with E-state index in [2.05, 4.69) is 238 Å². The van der Waals surface area contributed by atoms with Crippen LogP contribution in [0.15, 0.2) is 224 Å². The smallest absolute Gasteiger partial charge is 0.0727 e. The van der Waals surface area contributed by atoms with Gasteiger partial charge in [0.25, 0.3) is 0 Å². The number of benzene rings is 10. The number of nitrogens with zero attached hydrogens (tertiary/aromatic N) is 3. The molecule has 0 fully saturated rings. The summed E-state index contributed by atoms with van der Waals surface area (Å²) in [6.07, 6.45) is 0. The van der Waals surface area contributed by atoms with Crippen LogP contribution in [0.4, 0.5) is 0 Å². The van der Waals surface area contributed by atoms with Gasteiger partial charge < -0.3 is 13.7 Å². The molecule has 64 heavy (non-hydrogen) atoms. The van der Waals surface area contributed by atoms with Gasteiger partial charge in [-0.05, 0) is 117 Å². The summed E-state index contributed by atoms with van der Waals surface area (Å²) in [5.41, 5.74) is 20.5. The molecular weight excluding hydrogens is 775 g/mol. The minimum atomic E-state index is -0.616. The van der Waals surface area contributed by atoms with Crippen LogP contribution in [-0.2, 0) is 5.41 Å². The van der Waals surface area contributed by atoms with Crippen molar-refractivity contribution >= 4 is 65.4 Å². The first-order valence-electron chi connectivity index (χ1n) is 22.3. The molecule has 0 aliphatic heterocycles. The van der Waals surface area contributed by atoms with Crippen LogP contribution in [0.3, 0.4) is 0 Å². The van der Waals surface area contributed by atoms with Crippen molar-refractivity contribution < 1.29 is 0 Å². The van der Waals surface area contributed by atoms with Gasteiger partial charge in [-0.3, -0.25) is 0 Å². The second-order valence-corrected chi connectivity index (χ2v) is 17.6. The summed E-state index contributed by atoms with van der Waals surface area (Å²) in [5, 5.41) is 7.58. The van der Waals surface area contributed by atoms with E-state index in [-0.39, 0.29) is 0 Å². The third-order valence-electron chi connectivity index (χ3n) is 14.6. The Bertz CT molecular complexity index is 3650. The Hall–Kier alpha value is -8.40. The number of aromatic nitrogens is 3. The molecule has 3 nitrogen and oxygen atoms in total. The quantitative estimate of drug-likeness (QED) is 0.169. The zero-order valence-corrected chi connectivity index (χ0v) is 34.7. The Balaban J connectivity index is 1.07. The maximum Gasteiger partial charge on any atom is 0.0727 e. The van der Waals surface area contributed by atoms with Crippen molar-refractivity contribution in [1.82, 2.24) is 13.7 Å². The molecule has 3 heterocycles. The lowest BCUT2D eigenvalue weighted by Gasteiger charge is -2.31. The van der Waals surface area contributed by atoms with E-state index in [0.717, 1.165) is 17.1 Å². The van der Waals surface area contributed by atoms with E-state index >= 15 is 0 Å². The lowest BCUT2D eigenvalue weighted by molar-refractivity contribution is 0.790. The number of fused-ring (bicyclic) bond motifs is 19.